The van der Waals surface area contributed by atoms with Crippen LogP contribution in [0.1, 0.15) is 11.1 Å². The molecule has 3 N–H and O–H groups in total. The number of rotatable bonds is 2. The molecule has 0 aliphatic carbocycles. The number of hydrogen-bond donors (Lipinski definition) is 2. The van der Waals surface area contributed by atoms with Crippen molar-refractivity contribution in [2.75, 3.05) is 5.01 Å². The molecule has 1 atom stereocenters. The van der Waals surface area contributed by atoms with Crippen molar-refractivity contribution in [2.24, 2.45) is 5.73 Å². The summed E-state index contributed by atoms with van der Waals surface area (Å²) >= 11 is 5.69. The summed E-state index contributed by atoms with van der Waals surface area (Å²) in [6, 6.07) is 1.22. The molecule has 1 aliphatic heterocycles. The van der Waals surface area contributed by atoms with E-state index in [0.717, 1.165) is 11.1 Å². The summed E-state index contributed by atoms with van der Waals surface area (Å²) in [6.07, 6.45) is -7.10. The average Bonchev–Trinajstić information content (AvgIpc) is 2.92. The van der Waals surface area contributed by atoms with E-state index in [-0.39, 0.29) is 11.0 Å². The Labute approximate surface area is 153 Å². The molecular weight excluding hydrogens is 400 g/mol. The highest BCUT2D eigenvalue weighted by molar-refractivity contribution is 6.30. The van der Waals surface area contributed by atoms with Crippen LogP contribution in [0.15, 0.2) is 42.5 Å². The topological polar surface area (TPSA) is 67.1 Å². The Balaban J connectivity index is 2.17. The maximum absolute atomic E-state index is 13.5. The molecule has 1 unspecified atom stereocenters. The molecule has 0 bridgehead atoms. The van der Waals surface area contributed by atoms with Crippen LogP contribution in [0.5, 0.6) is 0 Å². The van der Waals surface area contributed by atoms with E-state index in [9.17, 15) is 26.3 Å². The molecule has 1 aromatic carbocycles. The second-order valence-corrected chi connectivity index (χ2v) is 5.95. The largest absolute Gasteiger partial charge is 0.416 e. The molecule has 2 aromatic rings. The summed E-state index contributed by atoms with van der Waals surface area (Å²) in [5.74, 6) is -0.684. The molecule has 0 saturated heterocycles. The molecule has 5 nitrogen and oxygen atoms in total. The van der Waals surface area contributed by atoms with E-state index in [0.29, 0.717) is 12.1 Å². The van der Waals surface area contributed by atoms with Crippen molar-refractivity contribution in [1.29, 1.82) is 0 Å². The van der Waals surface area contributed by atoms with Crippen molar-refractivity contribution >= 4 is 23.1 Å². The summed E-state index contributed by atoms with van der Waals surface area (Å²) in [7, 11) is 0. The minimum atomic E-state index is -4.86. The van der Waals surface area contributed by atoms with Crippen LogP contribution in [-0.2, 0) is 6.18 Å². The number of alkyl halides is 6. The molecule has 1 aromatic heterocycles. The van der Waals surface area contributed by atoms with Crippen molar-refractivity contribution in [2.45, 2.75) is 18.4 Å². The van der Waals surface area contributed by atoms with E-state index in [2.05, 4.69) is 15.4 Å². The normalized spacial score (nSPS) is 18.3. The van der Waals surface area contributed by atoms with Crippen molar-refractivity contribution in [3.05, 3.63) is 58.6 Å². The SMILES string of the molecule is NC1=C(c2cc(Cl)cc(C(F)(F)F)c2)C(C(F)(F)F)NN1c1ncccn1. The van der Waals surface area contributed by atoms with Gasteiger partial charge in [-0.2, -0.15) is 26.3 Å². The zero-order valence-corrected chi connectivity index (χ0v) is 13.9. The first-order chi connectivity index (χ1) is 12.5. The Morgan fingerprint density at radius 3 is 2.22 bits per heavy atom. The fraction of sp³-hybridized carbons (Fsp3) is 0.200. The first-order valence-electron chi connectivity index (χ1n) is 7.26. The summed E-state index contributed by atoms with van der Waals surface area (Å²) in [6.45, 7) is 0. The maximum atomic E-state index is 13.5. The van der Waals surface area contributed by atoms with Gasteiger partial charge in [-0.1, -0.05) is 11.6 Å². The summed E-state index contributed by atoms with van der Waals surface area (Å²) in [5.41, 5.74) is 5.69. The van der Waals surface area contributed by atoms with Gasteiger partial charge in [-0.3, -0.25) is 0 Å². The summed E-state index contributed by atoms with van der Waals surface area (Å²) in [4.78, 5) is 7.59. The van der Waals surface area contributed by atoms with Gasteiger partial charge in [-0.05, 0) is 29.8 Å². The Bertz CT molecular complexity index is 881. The molecule has 0 radical (unpaired) electrons. The van der Waals surface area contributed by atoms with E-state index in [1.165, 1.54) is 18.5 Å². The van der Waals surface area contributed by atoms with E-state index in [1.54, 1.807) is 0 Å². The van der Waals surface area contributed by atoms with Gasteiger partial charge in [-0.25, -0.2) is 20.4 Å². The highest BCUT2D eigenvalue weighted by atomic mass is 35.5. The second-order valence-electron chi connectivity index (χ2n) is 5.51. The van der Waals surface area contributed by atoms with E-state index in [1.807, 2.05) is 0 Å². The number of hydrogen-bond acceptors (Lipinski definition) is 5. The van der Waals surface area contributed by atoms with Crippen LogP contribution in [-0.4, -0.2) is 22.2 Å². The second kappa shape index (κ2) is 6.57. The van der Waals surface area contributed by atoms with Gasteiger partial charge in [0.25, 0.3) is 0 Å². The van der Waals surface area contributed by atoms with Crippen LogP contribution in [0, 0.1) is 0 Å². The van der Waals surface area contributed by atoms with Gasteiger partial charge in [0.2, 0.25) is 5.95 Å². The average molecular weight is 410 g/mol. The first kappa shape index (κ1) is 19.2. The number of anilines is 1. The fourth-order valence-corrected chi connectivity index (χ4v) is 2.80. The van der Waals surface area contributed by atoms with Gasteiger partial charge in [0.15, 0.2) is 6.04 Å². The van der Waals surface area contributed by atoms with Crippen molar-refractivity contribution in [1.82, 2.24) is 15.4 Å². The molecule has 12 heteroatoms. The van der Waals surface area contributed by atoms with E-state index < -0.39 is 40.9 Å². The molecular formula is C15H10ClF6N5. The lowest BCUT2D eigenvalue weighted by atomic mass is 9.97. The molecule has 2 heterocycles. The number of halogens is 7. The van der Waals surface area contributed by atoms with Crippen LogP contribution in [0.25, 0.3) is 5.57 Å². The first-order valence-corrected chi connectivity index (χ1v) is 7.64. The van der Waals surface area contributed by atoms with Gasteiger partial charge < -0.3 is 5.73 Å². The number of hydrazine groups is 1. The summed E-state index contributed by atoms with van der Waals surface area (Å²) < 4.78 is 79.6. The van der Waals surface area contributed by atoms with Gasteiger partial charge in [0.05, 0.1) is 5.56 Å². The third-order valence-electron chi connectivity index (χ3n) is 3.68. The standard InChI is InChI=1S/C15H10ClF6N5/c16-9-5-7(4-8(6-9)14(17,18)19)10-11(15(20,21)22)26-27(12(10)23)13-24-2-1-3-25-13/h1-6,11,26H,23H2. The fourth-order valence-electron chi connectivity index (χ4n) is 2.56. The Kier molecular flexibility index (Phi) is 4.68. The Hall–Kier alpha value is -2.53. The smallest absolute Gasteiger partial charge is 0.384 e. The van der Waals surface area contributed by atoms with Crippen LogP contribution in [0.2, 0.25) is 5.02 Å². The van der Waals surface area contributed by atoms with Gasteiger partial charge in [0.1, 0.15) is 5.82 Å². The Morgan fingerprint density at radius 2 is 1.67 bits per heavy atom. The van der Waals surface area contributed by atoms with Gasteiger partial charge >= 0.3 is 12.4 Å². The third-order valence-corrected chi connectivity index (χ3v) is 3.90. The molecule has 1 aliphatic rings. The quantitative estimate of drug-likeness (QED) is 0.740. The highest BCUT2D eigenvalue weighted by Crippen LogP contribution is 2.40. The number of nitrogens with zero attached hydrogens (tertiary/aromatic N) is 3. The minimum Gasteiger partial charge on any atom is -0.384 e. The van der Waals surface area contributed by atoms with Crippen molar-refractivity contribution < 1.29 is 26.3 Å². The zero-order chi connectivity index (χ0) is 20.0. The lowest BCUT2D eigenvalue weighted by molar-refractivity contribution is -0.140. The predicted molar refractivity (Wildman–Crippen MR) is 85.1 cm³/mol. The van der Waals surface area contributed by atoms with Crippen LogP contribution in [0.3, 0.4) is 0 Å². The van der Waals surface area contributed by atoms with Gasteiger partial charge in [0, 0.05) is 23.0 Å². The predicted octanol–water partition coefficient (Wildman–Crippen LogP) is 3.73. The Morgan fingerprint density at radius 1 is 1.04 bits per heavy atom. The monoisotopic (exact) mass is 409 g/mol. The molecule has 0 amide bonds. The lowest BCUT2D eigenvalue weighted by Crippen LogP contribution is -2.46. The minimum absolute atomic E-state index is 0.197. The molecule has 0 spiro atoms. The number of benzene rings is 1. The van der Waals surface area contributed by atoms with Crippen molar-refractivity contribution in [3.63, 3.8) is 0 Å². The highest BCUT2D eigenvalue weighted by Gasteiger charge is 2.49. The molecule has 0 saturated carbocycles. The number of nitrogens with one attached hydrogen (secondary N) is 1. The van der Waals surface area contributed by atoms with Crippen LogP contribution < -0.4 is 16.2 Å². The molecule has 0 fully saturated rings. The lowest BCUT2D eigenvalue weighted by Gasteiger charge is -2.21. The van der Waals surface area contributed by atoms with Crippen LogP contribution >= 0.6 is 11.6 Å². The number of nitrogens with two attached hydrogens (primary N) is 1. The molecule has 3 rings (SSSR count). The number of aromatic nitrogens is 2. The van der Waals surface area contributed by atoms with Gasteiger partial charge in [-0.15, -0.1) is 0 Å². The zero-order valence-electron chi connectivity index (χ0n) is 13.1. The molecule has 27 heavy (non-hydrogen) atoms. The summed E-state index contributed by atoms with van der Waals surface area (Å²) in [5, 5.41) is 0.386. The third kappa shape index (κ3) is 3.78. The van der Waals surface area contributed by atoms with Crippen molar-refractivity contribution in [3.8, 4) is 0 Å². The van der Waals surface area contributed by atoms with Crippen LogP contribution in [0.4, 0.5) is 32.3 Å². The molecule has 144 valence electrons. The maximum Gasteiger partial charge on any atom is 0.416 e. The van der Waals surface area contributed by atoms with E-state index in [4.69, 9.17) is 17.3 Å². The van der Waals surface area contributed by atoms with E-state index >= 15 is 0 Å².